The highest BCUT2D eigenvalue weighted by Gasteiger charge is 2.55. The smallest absolute Gasteiger partial charge is 0.253 e. The Morgan fingerprint density at radius 2 is 2.04 bits per heavy atom. The fraction of sp³-hybridized carbons (Fsp3) is 0.312. The molecule has 0 radical (unpaired) electrons. The fourth-order valence-corrected chi connectivity index (χ4v) is 3.75. The molecule has 1 aliphatic heterocycles. The first-order valence-corrected chi connectivity index (χ1v) is 8.36. The van der Waals surface area contributed by atoms with Crippen LogP contribution < -0.4 is 10.6 Å². The van der Waals surface area contributed by atoms with Crippen molar-refractivity contribution >= 4 is 22.8 Å². The Hall–Kier alpha value is -2.19. The Kier molecular flexibility index (Phi) is 4.42. The number of halogens is 1. The van der Waals surface area contributed by atoms with Gasteiger partial charge in [-0.2, -0.15) is 5.10 Å². The molecule has 0 saturated carbocycles. The van der Waals surface area contributed by atoms with Gasteiger partial charge < -0.3 is 5.32 Å². The topological polar surface area (TPSA) is 86.9 Å². The van der Waals surface area contributed by atoms with Gasteiger partial charge >= 0.3 is 0 Å². The molecule has 8 heteroatoms. The molecule has 6 nitrogen and oxygen atoms in total. The lowest BCUT2D eigenvalue weighted by atomic mass is 9.89. The maximum atomic E-state index is 13.3. The van der Waals surface area contributed by atoms with Crippen LogP contribution in [0.3, 0.4) is 0 Å². The Balaban J connectivity index is 2.04. The summed E-state index contributed by atoms with van der Waals surface area (Å²) in [5, 5.41) is 11.8. The van der Waals surface area contributed by atoms with Gasteiger partial charge in [-0.1, -0.05) is 23.9 Å². The van der Waals surface area contributed by atoms with Gasteiger partial charge in [0.1, 0.15) is 11.2 Å². The van der Waals surface area contributed by atoms with E-state index in [9.17, 15) is 14.0 Å². The SMILES string of the molecule is CC(C)NC(=O)C1(c2ccc(F)cc2)NC(c2ccn[nH]2)SC1=O. The number of hydrogen-bond donors (Lipinski definition) is 3. The molecule has 1 aliphatic rings. The normalized spacial score (nSPS) is 23.7. The first-order valence-electron chi connectivity index (χ1n) is 7.48. The molecule has 1 aromatic heterocycles. The predicted molar refractivity (Wildman–Crippen MR) is 88.4 cm³/mol. The molecule has 3 N–H and O–H groups in total. The number of benzene rings is 1. The summed E-state index contributed by atoms with van der Waals surface area (Å²) in [6.45, 7) is 3.63. The van der Waals surface area contributed by atoms with Gasteiger partial charge in [0.25, 0.3) is 5.91 Å². The third-order valence-electron chi connectivity index (χ3n) is 3.72. The number of nitrogens with zero attached hydrogens (tertiary/aromatic N) is 1. The van der Waals surface area contributed by atoms with Gasteiger partial charge in [0.15, 0.2) is 5.54 Å². The number of amides is 1. The molecular weight excluding hydrogens is 331 g/mol. The van der Waals surface area contributed by atoms with Crippen molar-refractivity contribution in [2.75, 3.05) is 0 Å². The van der Waals surface area contributed by atoms with Gasteiger partial charge in [0.05, 0.1) is 5.69 Å². The maximum Gasteiger partial charge on any atom is 0.253 e. The van der Waals surface area contributed by atoms with Crippen LogP contribution in [0.1, 0.15) is 30.5 Å². The number of carbonyl (C=O) groups is 2. The van der Waals surface area contributed by atoms with Crippen LogP contribution in [-0.4, -0.2) is 27.3 Å². The van der Waals surface area contributed by atoms with Crippen molar-refractivity contribution in [1.82, 2.24) is 20.8 Å². The zero-order valence-electron chi connectivity index (χ0n) is 13.2. The zero-order valence-corrected chi connectivity index (χ0v) is 14.0. The number of rotatable bonds is 4. The van der Waals surface area contributed by atoms with Gasteiger partial charge in [-0.3, -0.25) is 20.0 Å². The number of aromatic amines is 1. The van der Waals surface area contributed by atoms with Crippen LogP contribution in [0.25, 0.3) is 0 Å². The molecule has 3 rings (SSSR count). The van der Waals surface area contributed by atoms with Crippen molar-refractivity contribution in [3.63, 3.8) is 0 Å². The van der Waals surface area contributed by atoms with E-state index in [4.69, 9.17) is 0 Å². The van der Waals surface area contributed by atoms with E-state index in [1.165, 1.54) is 24.3 Å². The summed E-state index contributed by atoms with van der Waals surface area (Å²) < 4.78 is 13.3. The third kappa shape index (κ3) is 2.83. The van der Waals surface area contributed by atoms with Gasteiger partial charge in [-0.05, 0) is 37.6 Å². The fourth-order valence-electron chi connectivity index (χ4n) is 2.60. The Morgan fingerprint density at radius 3 is 2.62 bits per heavy atom. The number of carbonyl (C=O) groups excluding carboxylic acids is 2. The molecule has 0 aliphatic carbocycles. The summed E-state index contributed by atoms with van der Waals surface area (Å²) >= 11 is 1.01. The second-order valence-corrected chi connectivity index (χ2v) is 6.90. The number of thioether (sulfide) groups is 1. The number of hydrogen-bond acceptors (Lipinski definition) is 5. The van der Waals surface area contributed by atoms with Crippen LogP contribution >= 0.6 is 11.8 Å². The van der Waals surface area contributed by atoms with Crippen molar-refractivity contribution < 1.29 is 14.0 Å². The van der Waals surface area contributed by atoms with Gasteiger partial charge in [-0.25, -0.2) is 4.39 Å². The second-order valence-electron chi connectivity index (χ2n) is 5.83. The van der Waals surface area contributed by atoms with E-state index in [0.29, 0.717) is 11.3 Å². The molecule has 1 saturated heterocycles. The molecule has 1 amide bonds. The molecule has 2 aromatic rings. The highest BCUT2D eigenvalue weighted by atomic mass is 32.2. The van der Waals surface area contributed by atoms with E-state index in [-0.39, 0.29) is 11.2 Å². The minimum absolute atomic E-state index is 0.138. The van der Waals surface area contributed by atoms with E-state index in [2.05, 4.69) is 20.8 Å². The molecule has 2 heterocycles. The van der Waals surface area contributed by atoms with E-state index in [0.717, 1.165) is 11.8 Å². The minimum atomic E-state index is -1.57. The standard InChI is InChI=1S/C16H17FN4O2S/c1-9(2)19-14(22)16(10-3-5-11(17)6-4-10)15(23)24-13(20-16)12-7-8-18-21-12/h3-9,13,20H,1-2H3,(H,18,21)(H,19,22). The van der Waals surface area contributed by atoms with Gasteiger partial charge in [0, 0.05) is 12.2 Å². The van der Waals surface area contributed by atoms with Crippen LogP contribution in [0.5, 0.6) is 0 Å². The monoisotopic (exact) mass is 348 g/mol. The van der Waals surface area contributed by atoms with Gasteiger partial charge in [-0.15, -0.1) is 0 Å². The van der Waals surface area contributed by atoms with E-state index < -0.39 is 22.6 Å². The summed E-state index contributed by atoms with van der Waals surface area (Å²) in [5.74, 6) is -0.884. The summed E-state index contributed by atoms with van der Waals surface area (Å²) in [6.07, 6.45) is 1.58. The van der Waals surface area contributed by atoms with E-state index >= 15 is 0 Å². The molecule has 2 unspecified atom stereocenters. The summed E-state index contributed by atoms with van der Waals surface area (Å²) in [5.41, 5.74) is -0.477. The Labute approximate surface area is 142 Å². The zero-order chi connectivity index (χ0) is 17.3. The van der Waals surface area contributed by atoms with Crippen LogP contribution in [0.2, 0.25) is 0 Å². The highest BCUT2D eigenvalue weighted by Crippen LogP contribution is 2.43. The summed E-state index contributed by atoms with van der Waals surface area (Å²) in [7, 11) is 0. The maximum absolute atomic E-state index is 13.3. The van der Waals surface area contributed by atoms with Crippen LogP contribution in [0.15, 0.2) is 36.5 Å². The minimum Gasteiger partial charge on any atom is -0.352 e. The quantitative estimate of drug-likeness (QED) is 0.734. The van der Waals surface area contributed by atoms with Crippen molar-refractivity contribution in [3.8, 4) is 0 Å². The lowest BCUT2D eigenvalue weighted by Crippen LogP contribution is -2.56. The largest absolute Gasteiger partial charge is 0.352 e. The second kappa shape index (κ2) is 6.37. The van der Waals surface area contributed by atoms with Crippen molar-refractivity contribution in [1.29, 1.82) is 0 Å². The van der Waals surface area contributed by atoms with Crippen molar-refractivity contribution in [2.24, 2.45) is 0 Å². The van der Waals surface area contributed by atoms with Crippen LogP contribution in [0, 0.1) is 5.82 Å². The Bertz CT molecular complexity index is 748. The molecule has 24 heavy (non-hydrogen) atoms. The first kappa shape index (κ1) is 16.7. The van der Waals surface area contributed by atoms with E-state index in [1.54, 1.807) is 12.3 Å². The number of H-pyrrole nitrogens is 1. The molecule has 126 valence electrons. The Morgan fingerprint density at radius 1 is 1.33 bits per heavy atom. The van der Waals surface area contributed by atoms with E-state index in [1.807, 2.05) is 13.8 Å². The number of aromatic nitrogens is 2. The van der Waals surface area contributed by atoms with Crippen molar-refractivity contribution in [2.45, 2.75) is 30.8 Å². The molecule has 1 fully saturated rings. The molecule has 2 atom stereocenters. The lowest BCUT2D eigenvalue weighted by molar-refractivity contribution is -0.134. The lowest BCUT2D eigenvalue weighted by Gasteiger charge is -2.28. The molecular formula is C16H17FN4O2S. The summed E-state index contributed by atoms with van der Waals surface area (Å²) in [6, 6.07) is 6.98. The number of nitrogens with one attached hydrogen (secondary N) is 3. The highest BCUT2D eigenvalue weighted by molar-refractivity contribution is 8.14. The third-order valence-corrected chi connectivity index (χ3v) is 4.85. The predicted octanol–water partition coefficient (Wildman–Crippen LogP) is 1.83. The average molecular weight is 348 g/mol. The van der Waals surface area contributed by atoms with Gasteiger partial charge in [0.2, 0.25) is 5.12 Å². The molecule has 0 spiro atoms. The average Bonchev–Trinajstić information content (AvgIpc) is 3.15. The molecule has 0 bridgehead atoms. The first-order chi connectivity index (χ1) is 11.4. The molecule has 1 aromatic carbocycles. The van der Waals surface area contributed by atoms with Crippen LogP contribution in [0.4, 0.5) is 4.39 Å². The summed E-state index contributed by atoms with van der Waals surface area (Å²) in [4.78, 5) is 25.7. The van der Waals surface area contributed by atoms with Crippen molar-refractivity contribution in [3.05, 3.63) is 53.6 Å². The van der Waals surface area contributed by atoms with Crippen LogP contribution in [-0.2, 0) is 15.1 Å².